The Bertz CT molecular complexity index is 379. The van der Waals surface area contributed by atoms with Crippen molar-refractivity contribution in [3.63, 3.8) is 0 Å². The van der Waals surface area contributed by atoms with Gasteiger partial charge < -0.3 is 20.0 Å². The second-order valence-corrected chi connectivity index (χ2v) is 4.95. The van der Waals surface area contributed by atoms with Gasteiger partial charge in [0.2, 0.25) is 17.7 Å². The standard InChI is InChI=1S/C12H20N4O3/c1-14-8-12(19)16(9-11(14)18)5-2-10(17)15-6-3-13-4-7-15/h13H,2-9H2,1H3. The number of hydrogen-bond acceptors (Lipinski definition) is 4. The van der Waals surface area contributed by atoms with Gasteiger partial charge in [-0.15, -0.1) is 0 Å². The van der Waals surface area contributed by atoms with Crippen LogP contribution in [0.4, 0.5) is 0 Å². The first-order valence-electron chi connectivity index (χ1n) is 6.58. The first kappa shape index (κ1) is 13.8. The fourth-order valence-corrected chi connectivity index (χ4v) is 2.27. The predicted octanol–water partition coefficient (Wildman–Crippen LogP) is -1.89. The first-order valence-corrected chi connectivity index (χ1v) is 6.58. The smallest absolute Gasteiger partial charge is 0.242 e. The molecule has 106 valence electrons. The summed E-state index contributed by atoms with van der Waals surface area (Å²) in [6.07, 6.45) is 0.294. The average Bonchev–Trinajstić information content (AvgIpc) is 2.42. The highest BCUT2D eigenvalue weighted by atomic mass is 16.2. The van der Waals surface area contributed by atoms with Gasteiger partial charge in [-0.1, -0.05) is 0 Å². The molecule has 0 atom stereocenters. The molecule has 2 heterocycles. The summed E-state index contributed by atoms with van der Waals surface area (Å²) in [4.78, 5) is 39.9. The third-order valence-electron chi connectivity index (χ3n) is 3.54. The molecule has 2 rings (SSSR count). The van der Waals surface area contributed by atoms with E-state index >= 15 is 0 Å². The summed E-state index contributed by atoms with van der Waals surface area (Å²) in [5.74, 6) is -0.106. The summed E-state index contributed by atoms with van der Waals surface area (Å²) in [6.45, 7) is 3.60. The van der Waals surface area contributed by atoms with E-state index in [9.17, 15) is 14.4 Å². The molecule has 0 aromatic carbocycles. The lowest BCUT2D eigenvalue weighted by Crippen LogP contribution is -2.53. The van der Waals surface area contributed by atoms with Gasteiger partial charge in [0.25, 0.3) is 0 Å². The normalized spacial score (nSPS) is 21.0. The topological polar surface area (TPSA) is 73.0 Å². The minimum absolute atomic E-state index is 0.0562. The Morgan fingerprint density at radius 3 is 2.53 bits per heavy atom. The van der Waals surface area contributed by atoms with Gasteiger partial charge in [0.05, 0.1) is 13.1 Å². The lowest BCUT2D eigenvalue weighted by Gasteiger charge is -2.32. The maximum atomic E-state index is 12.0. The summed E-state index contributed by atoms with van der Waals surface area (Å²) < 4.78 is 0. The number of nitrogens with one attached hydrogen (secondary N) is 1. The van der Waals surface area contributed by atoms with Crippen LogP contribution in [0.15, 0.2) is 0 Å². The van der Waals surface area contributed by atoms with E-state index in [0.29, 0.717) is 26.1 Å². The van der Waals surface area contributed by atoms with E-state index in [4.69, 9.17) is 0 Å². The molecule has 3 amide bonds. The van der Waals surface area contributed by atoms with Gasteiger partial charge in [0.1, 0.15) is 0 Å². The molecule has 2 fully saturated rings. The maximum Gasteiger partial charge on any atom is 0.242 e. The largest absolute Gasteiger partial charge is 0.340 e. The van der Waals surface area contributed by atoms with Gasteiger partial charge >= 0.3 is 0 Å². The highest BCUT2D eigenvalue weighted by molar-refractivity contribution is 5.92. The molecule has 2 saturated heterocycles. The molecule has 0 aromatic rings. The zero-order valence-electron chi connectivity index (χ0n) is 11.2. The van der Waals surface area contributed by atoms with Crippen LogP contribution >= 0.6 is 0 Å². The molecule has 0 spiro atoms. The van der Waals surface area contributed by atoms with Crippen LogP contribution in [0.3, 0.4) is 0 Å². The maximum absolute atomic E-state index is 12.0. The fourth-order valence-electron chi connectivity index (χ4n) is 2.27. The fraction of sp³-hybridized carbons (Fsp3) is 0.750. The number of likely N-dealkylation sites (N-methyl/N-ethyl adjacent to an activating group) is 1. The van der Waals surface area contributed by atoms with E-state index in [2.05, 4.69) is 5.32 Å². The Balaban J connectivity index is 1.79. The van der Waals surface area contributed by atoms with Crippen molar-refractivity contribution in [2.24, 2.45) is 0 Å². The Kier molecular flexibility index (Phi) is 4.36. The van der Waals surface area contributed by atoms with E-state index in [-0.39, 0.29) is 30.8 Å². The third-order valence-corrected chi connectivity index (χ3v) is 3.54. The molecule has 1 N–H and O–H groups in total. The number of nitrogens with zero attached hydrogens (tertiary/aromatic N) is 3. The molecule has 0 bridgehead atoms. The highest BCUT2D eigenvalue weighted by Crippen LogP contribution is 2.05. The Labute approximate surface area is 112 Å². The molecule has 7 heteroatoms. The van der Waals surface area contributed by atoms with Crippen molar-refractivity contribution >= 4 is 17.7 Å². The summed E-state index contributed by atoms with van der Waals surface area (Å²) in [5.41, 5.74) is 0. The van der Waals surface area contributed by atoms with Gasteiger partial charge in [0.15, 0.2) is 0 Å². The minimum Gasteiger partial charge on any atom is -0.340 e. The number of carbonyl (C=O) groups is 3. The van der Waals surface area contributed by atoms with E-state index < -0.39 is 0 Å². The molecular formula is C12H20N4O3. The van der Waals surface area contributed by atoms with Crippen molar-refractivity contribution in [1.29, 1.82) is 0 Å². The zero-order valence-corrected chi connectivity index (χ0v) is 11.2. The second-order valence-electron chi connectivity index (χ2n) is 4.95. The molecule has 7 nitrogen and oxygen atoms in total. The van der Waals surface area contributed by atoms with Gasteiger partial charge in [-0.2, -0.15) is 0 Å². The monoisotopic (exact) mass is 268 g/mol. The van der Waals surface area contributed by atoms with Crippen molar-refractivity contribution in [2.45, 2.75) is 6.42 Å². The van der Waals surface area contributed by atoms with E-state index in [1.807, 2.05) is 0 Å². The lowest BCUT2D eigenvalue weighted by molar-refractivity contribution is -0.149. The van der Waals surface area contributed by atoms with E-state index in [0.717, 1.165) is 13.1 Å². The van der Waals surface area contributed by atoms with E-state index in [1.165, 1.54) is 9.80 Å². The molecular weight excluding hydrogens is 248 g/mol. The van der Waals surface area contributed by atoms with Crippen molar-refractivity contribution in [3.8, 4) is 0 Å². The number of hydrogen-bond donors (Lipinski definition) is 1. The van der Waals surface area contributed by atoms with Crippen LogP contribution in [0.25, 0.3) is 0 Å². The molecule has 0 saturated carbocycles. The van der Waals surface area contributed by atoms with Crippen LogP contribution in [0, 0.1) is 0 Å². The van der Waals surface area contributed by atoms with Gasteiger partial charge in [-0.25, -0.2) is 0 Å². The number of carbonyl (C=O) groups excluding carboxylic acids is 3. The molecule has 0 aromatic heterocycles. The minimum atomic E-state index is -0.0878. The van der Waals surface area contributed by atoms with Gasteiger partial charge in [-0.3, -0.25) is 14.4 Å². The summed E-state index contributed by atoms with van der Waals surface area (Å²) in [6, 6.07) is 0. The summed E-state index contributed by atoms with van der Waals surface area (Å²) in [7, 11) is 1.61. The highest BCUT2D eigenvalue weighted by Gasteiger charge is 2.28. The van der Waals surface area contributed by atoms with Crippen LogP contribution in [0.2, 0.25) is 0 Å². The number of amides is 3. The quantitative estimate of drug-likeness (QED) is 0.649. The van der Waals surface area contributed by atoms with Crippen molar-refractivity contribution in [1.82, 2.24) is 20.0 Å². The van der Waals surface area contributed by atoms with E-state index in [1.54, 1.807) is 11.9 Å². The van der Waals surface area contributed by atoms with Crippen LogP contribution in [0.1, 0.15) is 6.42 Å². The SMILES string of the molecule is CN1CC(=O)N(CCC(=O)N2CCNCC2)CC1=O. The average molecular weight is 268 g/mol. The molecule has 0 aliphatic carbocycles. The van der Waals surface area contributed by atoms with Crippen LogP contribution in [0.5, 0.6) is 0 Å². The van der Waals surface area contributed by atoms with Crippen LogP contribution < -0.4 is 5.32 Å². The molecule has 19 heavy (non-hydrogen) atoms. The Morgan fingerprint density at radius 1 is 1.16 bits per heavy atom. The zero-order chi connectivity index (χ0) is 13.8. The molecule has 0 unspecified atom stereocenters. The third kappa shape index (κ3) is 3.44. The number of piperazine rings is 2. The summed E-state index contributed by atoms with van der Waals surface area (Å²) in [5, 5.41) is 3.18. The number of rotatable bonds is 3. The van der Waals surface area contributed by atoms with Gasteiger partial charge in [-0.05, 0) is 0 Å². The molecule has 0 radical (unpaired) electrons. The molecule has 2 aliphatic rings. The Morgan fingerprint density at radius 2 is 1.84 bits per heavy atom. The lowest BCUT2D eigenvalue weighted by atomic mass is 10.2. The van der Waals surface area contributed by atoms with Crippen molar-refractivity contribution < 1.29 is 14.4 Å². The summed E-state index contributed by atoms with van der Waals surface area (Å²) >= 11 is 0. The second kappa shape index (κ2) is 6.01. The molecule has 2 aliphatic heterocycles. The van der Waals surface area contributed by atoms with Crippen LogP contribution in [-0.2, 0) is 14.4 Å². The van der Waals surface area contributed by atoms with Gasteiger partial charge in [0, 0.05) is 46.2 Å². The van der Waals surface area contributed by atoms with Crippen LogP contribution in [-0.4, -0.2) is 85.3 Å². The predicted molar refractivity (Wildman–Crippen MR) is 68.3 cm³/mol. The Hall–Kier alpha value is -1.63. The van der Waals surface area contributed by atoms with Crippen molar-refractivity contribution in [3.05, 3.63) is 0 Å². The first-order chi connectivity index (χ1) is 9.08. The van der Waals surface area contributed by atoms with Crippen molar-refractivity contribution in [2.75, 3.05) is 52.9 Å².